The molecule has 30 heavy (non-hydrogen) atoms. The maximum atomic E-state index is 12.2. The maximum absolute atomic E-state index is 12.2. The van der Waals surface area contributed by atoms with Crippen molar-refractivity contribution in [1.29, 1.82) is 0 Å². The van der Waals surface area contributed by atoms with Gasteiger partial charge in [-0.2, -0.15) is 0 Å². The highest BCUT2D eigenvalue weighted by Crippen LogP contribution is 2.28. The molecule has 1 amide bonds. The lowest BCUT2D eigenvalue weighted by Crippen LogP contribution is -2.30. The zero-order valence-electron chi connectivity index (χ0n) is 15.1. The highest BCUT2D eigenvalue weighted by atomic mass is 16.6. The van der Waals surface area contributed by atoms with E-state index in [9.17, 15) is 25.0 Å². The summed E-state index contributed by atoms with van der Waals surface area (Å²) in [5.41, 5.74) is 9.79. The molecular weight excluding hydrogens is 396 g/mol. The van der Waals surface area contributed by atoms with E-state index in [0.29, 0.717) is 5.69 Å². The molecule has 0 aliphatic carbocycles. The second-order valence-corrected chi connectivity index (χ2v) is 5.68. The number of anilines is 3. The van der Waals surface area contributed by atoms with E-state index in [4.69, 9.17) is 0 Å². The van der Waals surface area contributed by atoms with Crippen molar-refractivity contribution in [3.8, 4) is 0 Å². The van der Waals surface area contributed by atoms with Gasteiger partial charge in [0.15, 0.2) is 0 Å². The van der Waals surface area contributed by atoms with E-state index >= 15 is 0 Å². The molecule has 0 aliphatic rings. The van der Waals surface area contributed by atoms with Crippen molar-refractivity contribution < 1.29 is 14.6 Å². The first-order valence-corrected chi connectivity index (χ1v) is 8.33. The molecule has 1 heterocycles. The summed E-state index contributed by atoms with van der Waals surface area (Å²) in [4.78, 5) is 40.8. The largest absolute Gasteiger partial charge is 0.356 e. The Labute approximate surface area is 168 Å². The van der Waals surface area contributed by atoms with Crippen LogP contribution in [0.25, 0.3) is 0 Å². The SMILES string of the molecule is O=C(NNc1ncnc(NNc2ccccc2)c1[N+](=O)[O-])c1cccc([N+](=O)[O-])c1. The number of aromatic nitrogens is 2. The van der Waals surface area contributed by atoms with Crippen LogP contribution < -0.4 is 21.7 Å². The molecule has 0 spiro atoms. The third-order valence-electron chi connectivity index (χ3n) is 3.72. The molecule has 0 saturated heterocycles. The summed E-state index contributed by atoms with van der Waals surface area (Å²) in [6, 6.07) is 13.8. The minimum absolute atomic E-state index is 0.0162. The van der Waals surface area contributed by atoms with Crippen LogP contribution in [0.3, 0.4) is 0 Å². The van der Waals surface area contributed by atoms with Crippen molar-refractivity contribution in [1.82, 2.24) is 15.4 Å². The third kappa shape index (κ3) is 4.72. The monoisotopic (exact) mass is 410 g/mol. The maximum Gasteiger partial charge on any atom is 0.356 e. The molecule has 1 aromatic heterocycles. The van der Waals surface area contributed by atoms with E-state index in [2.05, 4.69) is 31.7 Å². The molecule has 0 fully saturated rings. The molecule has 0 atom stereocenters. The molecule has 0 aliphatic heterocycles. The number of nitro groups is 2. The molecule has 3 aromatic rings. The highest BCUT2D eigenvalue weighted by molar-refractivity contribution is 5.95. The van der Waals surface area contributed by atoms with Gasteiger partial charge in [0.05, 0.1) is 15.5 Å². The Balaban J connectivity index is 1.75. The van der Waals surface area contributed by atoms with Crippen LogP contribution in [-0.2, 0) is 0 Å². The molecule has 152 valence electrons. The van der Waals surface area contributed by atoms with Gasteiger partial charge in [-0.1, -0.05) is 24.3 Å². The number of nitrogens with one attached hydrogen (secondary N) is 4. The van der Waals surface area contributed by atoms with Crippen LogP contribution >= 0.6 is 0 Å². The van der Waals surface area contributed by atoms with Crippen LogP contribution in [-0.4, -0.2) is 25.7 Å². The normalized spacial score (nSPS) is 10.0. The molecule has 0 bridgehead atoms. The summed E-state index contributed by atoms with van der Waals surface area (Å²) >= 11 is 0. The van der Waals surface area contributed by atoms with Gasteiger partial charge in [0.2, 0.25) is 11.6 Å². The zero-order valence-corrected chi connectivity index (χ0v) is 15.1. The second-order valence-electron chi connectivity index (χ2n) is 5.68. The van der Waals surface area contributed by atoms with Crippen molar-refractivity contribution in [3.05, 3.63) is 86.7 Å². The second kappa shape index (κ2) is 8.92. The molecule has 0 radical (unpaired) electrons. The minimum atomic E-state index is -0.747. The number of hydrogen-bond acceptors (Lipinski definition) is 10. The lowest BCUT2D eigenvalue weighted by molar-refractivity contribution is -0.384. The summed E-state index contributed by atoms with van der Waals surface area (Å²) in [6.07, 6.45) is 1.06. The average molecular weight is 410 g/mol. The Bertz CT molecular complexity index is 1090. The number of rotatable bonds is 8. The smallest absolute Gasteiger partial charge is 0.299 e. The van der Waals surface area contributed by atoms with Gasteiger partial charge in [-0.15, -0.1) is 0 Å². The summed E-state index contributed by atoms with van der Waals surface area (Å²) in [7, 11) is 0. The number of non-ortho nitro benzene ring substituents is 1. The van der Waals surface area contributed by atoms with E-state index < -0.39 is 21.4 Å². The van der Waals surface area contributed by atoms with Crippen LogP contribution in [0.15, 0.2) is 60.9 Å². The van der Waals surface area contributed by atoms with Crippen molar-refractivity contribution in [2.24, 2.45) is 0 Å². The predicted octanol–water partition coefficient (Wildman–Crippen LogP) is 2.49. The first kappa shape index (κ1) is 19.9. The number of para-hydroxylation sites is 1. The van der Waals surface area contributed by atoms with E-state index in [1.807, 2.05) is 6.07 Å². The number of benzene rings is 2. The fourth-order valence-corrected chi connectivity index (χ4v) is 2.34. The lowest BCUT2D eigenvalue weighted by atomic mass is 10.2. The number of nitrogens with zero attached hydrogens (tertiary/aromatic N) is 4. The molecule has 3 rings (SSSR count). The third-order valence-corrected chi connectivity index (χ3v) is 3.72. The zero-order chi connectivity index (χ0) is 21.5. The topological polar surface area (TPSA) is 177 Å². The van der Waals surface area contributed by atoms with E-state index in [1.165, 1.54) is 18.2 Å². The average Bonchev–Trinajstić information content (AvgIpc) is 2.76. The summed E-state index contributed by atoms with van der Waals surface area (Å²) < 4.78 is 0. The molecule has 0 saturated carbocycles. The summed E-state index contributed by atoms with van der Waals surface area (Å²) in [5.74, 6) is -1.18. The van der Waals surface area contributed by atoms with Gasteiger partial charge < -0.3 is 0 Å². The number of amides is 1. The Hall–Kier alpha value is -4.81. The Morgan fingerprint density at radius 3 is 2.20 bits per heavy atom. The Morgan fingerprint density at radius 2 is 1.53 bits per heavy atom. The molecule has 13 nitrogen and oxygen atoms in total. The van der Waals surface area contributed by atoms with Gasteiger partial charge in [0.1, 0.15) is 6.33 Å². The van der Waals surface area contributed by atoms with Gasteiger partial charge in [-0.3, -0.25) is 46.7 Å². The van der Waals surface area contributed by atoms with Crippen LogP contribution in [0.4, 0.5) is 28.7 Å². The number of hydrazine groups is 2. The van der Waals surface area contributed by atoms with Crippen molar-refractivity contribution in [3.63, 3.8) is 0 Å². The fraction of sp³-hybridized carbons (Fsp3) is 0. The van der Waals surface area contributed by atoms with Crippen molar-refractivity contribution in [2.75, 3.05) is 16.3 Å². The molecule has 4 N–H and O–H groups in total. The van der Waals surface area contributed by atoms with Gasteiger partial charge in [-0.05, 0) is 18.2 Å². The first-order valence-electron chi connectivity index (χ1n) is 8.33. The quantitative estimate of drug-likeness (QED) is 0.318. The lowest BCUT2D eigenvalue weighted by Gasteiger charge is -2.12. The Morgan fingerprint density at radius 1 is 0.833 bits per heavy atom. The highest BCUT2D eigenvalue weighted by Gasteiger charge is 2.23. The van der Waals surface area contributed by atoms with Crippen LogP contribution in [0.5, 0.6) is 0 Å². The number of carbonyl (C=O) groups excluding carboxylic acids is 1. The van der Waals surface area contributed by atoms with Crippen LogP contribution in [0.1, 0.15) is 10.4 Å². The molecule has 2 aromatic carbocycles. The van der Waals surface area contributed by atoms with Crippen molar-refractivity contribution >= 4 is 34.6 Å². The first-order chi connectivity index (χ1) is 14.5. The van der Waals surface area contributed by atoms with E-state index in [1.54, 1.807) is 24.3 Å². The van der Waals surface area contributed by atoms with Gasteiger partial charge in [0.25, 0.3) is 11.6 Å². The Kier molecular flexibility index (Phi) is 5.93. The fourth-order valence-electron chi connectivity index (χ4n) is 2.34. The van der Waals surface area contributed by atoms with Gasteiger partial charge >= 0.3 is 5.69 Å². The van der Waals surface area contributed by atoms with Gasteiger partial charge in [0, 0.05) is 17.7 Å². The number of carbonyl (C=O) groups is 1. The molecular formula is C17H14N8O5. The minimum Gasteiger partial charge on any atom is -0.299 e. The molecule has 0 unspecified atom stereocenters. The summed E-state index contributed by atoms with van der Waals surface area (Å²) in [5, 5.41) is 22.3. The number of nitro benzene ring substituents is 1. The van der Waals surface area contributed by atoms with Crippen LogP contribution in [0, 0.1) is 20.2 Å². The summed E-state index contributed by atoms with van der Waals surface area (Å²) in [6.45, 7) is 0. The van der Waals surface area contributed by atoms with Gasteiger partial charge in [-0.25, -0.2) is 9.97 Å². The number of hydrogen-bond donors (Lipinski definition) is 4. The van der Waals surface area contributed by atoms with Crippen molar-refractivity contribution in [2.45, 2.75) is 0 Å². The standard InChI is InChI=1S/C17H14N8O5/c26-17(11-5-4-8-13(9-11)24(27)28)23-22-16-14(25(29)30)15(18-10-19-16)21-20-12-6-2-1-3-7-12/h1-10,20H,(H,23,26)(H2,18,19,21,22). The van der Waals surface area contributed by atoms with Crippen LogP contribution in [0.2, 0.25) is 0 Å². The van der Waals surface area contributed by atoms with E-state index in [0.717, 1.165) is 12.4 Å². The predicted molar refractivity (Wildman–Crippen MR) is 107 cm³/mol. The molecule has 13 heteroatoms. The van der Waals surface area contributed by atoms with E-state index in [-0.39, 0.29) is 22.9 Å².